The van der Waals surface area contributed by atoms with Gasteiger partial charge in [-0.25, -0.2) is 0 Å². The average molecular weight is 284 g/mol. The zero-order chi connectivity index (χ0) is 15.2. The van der Waals surface area contributed by atoms with E-state index in [0.29, 0.717) is 6.61 Å². The number of benzene rings is 3. The molecule has 0 N–H and O–H groups in total. The number of hydrogen-bond donors (Lipinski definition) is 0. The first kappa shape index (κ1) is 14.0. The predicted molar refractivity (Wildman–Crippen MR) is 90.6 cm³/mol. The SMILES string of the molecule is C#Cc1cccc(-c2ccccc2OCc2ccccc2)c1. The van der Waals surface area contributed by atoms with Gasteiger partial charge in [0.15, 0.2) is 0 Å². The van der Waals surface area contributed by atoms with Gasteiger partial charge in [0.2, 0.25) is 0 Å². The second-order valence-corrected chi connectivity index (χ2v) is 5.00. The molecule has 0 amide bonds. The summed E-state index contributed by atoms with van der Waals surface area (Å²) in [5, 5.41) is 0. The van der Waals surface area contributed by atoms with E-state index in [1.54, 1.807) is 0 Å². The Morgan fingerprint density at radius 3 is 2.41 bits per heavy atom. The molecule has 0 aromatic heterocycles. The Morgan fingerprint density at radius 2 is 1.59 bits per heavy atom. The van der Waals surface area contributed by atoms with Gasteiger partial charge in [-0.05, 0) is 29.3 Å². The molecule has 0 saturated heterocycles. The molecule has 3 aromatic carbocycles. The second kappa shape index (κ2) is 6.65. The van der Waals surface area contributed by atoms with Crippen LogP contribution in [-0.2, 0) is 6.61 Å². The van der Waals surface area contributed by atoms with Gasteiger partial charge in [-0.1, -0.05) is 66.6 Å². The van der Waals surface area contributed by atoms with Crippen molar-refractivity contribution in [3.05, 3.63) is 90.0 Å². The van der Waals surface area contributed by atoms with Crippen molar-refractivity contribution < 1.29 is 4.74 Å². The Labute approximate surface area is 131 Å². The summed E-state index contributed by atoms with van der Waals surface area (Å²) in [5.74, 6) is 3.54. The fourth-order valence-corrected chi connectivity index (χ4v) is 2.34. The van der Waals surface area contributed by atoms with Crippen molar-refractivity contribution in [1.82, 2.24) is 0 Å². The Morgan fingerprint density at radius 1 is 0.818 bits per heavy atom. The molecule has 1 heteroatoms. The Balaban J connectivity index is 1.88. The van der Waals surface area contributed by atoms with Gasteiger partial charge in [0.25, 0.3) is 0 Å². The Kier molecular flexibility index (Phi) is 4.22. The third-order valence-corrected chi connectivity index (χ3v) is 3.46. The number of hydrogen-bond acceptors (Lipinski definition) is 1. The molecule has 22 heavy (non-hydrogen) atoms. The van der Waals surface area contributed by atoms with Crippen LogP contribution < -0.4 is 4.74 Å². The third kappa shape index (κ3) is 3.19. The lowest BCUT2D eigenvalue weighted by molar-refractivity contribution is 0.307. The molecule has 0 atom stereocenters. The maximum Gasteiger partial charge on any atom is 0.127 e. The molecule has 3 rings (SSSR count). The maximum absolute atomic E-state index is 6.00. The van der Waals surface area contributed by atoms with Gasteiger partial charge >= 0.3 is 0 Å². The van der Waals surface area contributed by atoms with E-state index in [9.17, 15) is 0 Å². The van der Waals surface area contributed by atoms with E-state index in [1.807, 2.05) is 60.7 Å². The van der Waals surface area contributed by atoms with Crippen molar-refractivity contribution in [2.24, 2.45) is 0 Å². The highest BCUT2D eigenvalue weighted by Crippen LogP contribution is 2.30. The molecule has 0 aliphatic rings. The van der Waals surface area contributed by atoms with Gasteiger partial charge in [-0.2, -0.15) is 0 Å². The molecule has 0 fully saturated rings. The van der Waals surface area contributed by atoms with Crippen molar-refractivity contribution in [2.45, 2.75) is 6.61 Å². The number of ether oxygens (including phenoxy) is 1. The van der Waals surface area contributed by atoms with Crippen LogP contribution in [0.2, 0.25) is 0 Å². The molecule has 0 aliphatic carbocycles. The van der Waals surface area contributed by atoms with E-state index in [1.165, 1.54) is 0 Å². The molecule has 0 saturated carbocycles. The Hall–Kier alpha value is -2.98. The van der Waals surface area contributed by atoms with Crippen molar-refractivity contribution in [2.75, 3.05) is 0 Å². The fraction of sp³-hybridized carbons (Fsp3) is 0.0476. The van der Waals surface area contributed by atoms with Gasteiger partial charge in [0, 0.05) is 11.1 Å². The van der Waals surface area contributed by atoms with Crippen LogP contribution in [0.3, 0.4) is 0 Å². The van der Waals surface area contributed by atoms with E-state index < -0.39 is 0 Å². The first-order chi connectivity index (χ1) is 10.9. The largest absolute Gasteiger partial charge is 0.488 e. The van der Waals surface area contributed by atoms with E-state index in [2.05, 4.69) is 24.1 Å². The highest BCUT2D eigenvalue weighted by atomic mass is 16.5. The van der Waals surface area contributed by atoms with Crippen LogP contribution in [0.15, 0.2) is 78.9 Å². The topological polar surface area (TPSA) is 9.23 Å². The summed E-state index contributed by atoms with van der Waals surface area (Å²) in [4.78, 5) is 0. The highest BCUT2D eigenvalue weighted by molar-refractivity contribution is 5.71. The van der Waals surface area contributed by atoms with Gasteiger partial charge in [-0.3, -0.25) is 0 Å². The van der Waals surface area contributed by atoms with Crippen LogP contribution in [0.4, 0.5) is 0 Å². The van der Waals surface area contributed by atoms with E-state index in [4.69, 9.17) is 11.2 Å². The van der Waals surface area contributed by atoms with E-state index in [-0.39, 0.29) is 0 Å². The normalized spacial score (nSPS) is 9.95. The zero-order valence-electron chi connectivity index (χ0n) is 12.2. The summed E-state index contributed by atoms with van der Waals surface area (Å²) in [6, 6.07) is 26.1. The summed E-state index contributed by atoms with van der Waals surface area (Å²) in [6.07, 6.45) is 5.49. The zero-order valence-corrected chi connectivity index (χ0v) is 12.2. The fourth-order valence-electron chi connectivity index (χ4n) is 2.34. The average Bonchev–Trinajstić information content (AvgIpc) is 2.61. The smallest absolute Gasteiger partial charge is 0.127 e. The minimum absolute atomic E-state index is 0.548. The van der Waals surface area contributed by atoms with E-state index >= 15 is 0 Å². The van der Waals surface area contributed by atoms with Gasteiger partial charge in [0.1, 0.15) is 12.4 Å². The van der Waals surface area contributed by atoms with Crippen molar-refractivity contribution in [3.8, 4) is 29.2 Å². The minimum atomic E-state index is 0.548. The lowest BCUT2D eigenvalue weighted by atomic mass is 10.0. The molecule has 106 valence electrons. The van der Waals surface area contributed by atoms with E-state index in [0.717, 1.165) is 28.0 Å². The molecular weight excluding hydrogens is 268 g/mol. The molecule has 1 nitrogen and oxygen atoms in total. The molecule has 0 heterocycles. The molecule has 0 bridgehead atoms. The van der Waals surface area contributed by atoms with Gasteiger partial charge in [0.05, 0.1) is 0 Å². The summed E-state index contributed by atoms with van der Waals surface area (Å²) < 4.78 is 6.00. The van der Waals surface area contributed by atoms with Crippen molar-refractivity contribution in [1.29, 1.82) is 0 Å². The second-order valence-electron chi connectivity index (χ2n) is 5.00. The monoisotopic (exact) mass is 284 g/mol. The first-order valence-electron chi connectivity index (χ1n) is 7.19. The van der Waals surface area contributed by atoms with Crippen LogP contribution in [0, 0.1) is 12.3 Å². The molecule has 3 aromatic rings. The summed E-state index contributed by atoms with van der Waals surface area (Å²) in [7, 11) is 0. The number of para-hydroxylation sites is 1. The molecule has 0 unspecified atom stereocenters. The van der Waals surface area contributed by atoms with Gasteiger partial charge < -0.3 is 4.74 Å². The summed E-state index contributed by atoms with van der Waals surface area (Å²) in [6.45, 7) is 0.548. The lowest BCUT2D eigenvalue weighted by Gasteiger charge is -2.12. The summed E-state index contributed by atoms with van der Waals surface area (Å²) >= 11 is 0. The van der Waals surface area contributed by atoms with Crippen molar-refractivity contribution in [3.63, 3.8) is 0 Å². The standard InChI is InChI=1S/C21H16O/c1-2-17-11-8-12-19(15-17)20-13-6-7-14-21(20)22-16-18-9-4-3-5-10-18/h1,3-15H,16H2. The van der Waals surface area contributed by atoms with Crippen LogP contribution >= 0.6 is 0 Å². The third-order valence-electron chi connectivity index (χ3n) is 3.46. The number of terminal acetylenes is 1. The Bertz CT molecular complexity index is 797. The molecular formula is C21H16O. The molecule has 0 aliphatic heterocycles. The van der Waals surface area contributed by atoms with Crippen LogP contribution in [0.1, 0.15) is 11.1 Å². The predicted octanol–water partition coefficient (Wildman–Crippen LogP) is 4.91. The van der Waals surface area contributed by atoms with Crippen LogP contribution in [-0.4, -0.2) is 0 Å². The summed E-state index contributed by atoms with van der Waals surface area (Å²) in [5.41, 5.74) is 4.14. The molecule has 0 radical (unpaired) electrons. The molecule has 0 spiro atoms. The van der Waals surface area contributed by atoms with Crippen LogP contribution in [0.5, 0.6) is 5.75 Å². The number of rotatable bonds is 4. The minimum Gasteiger partial charge on any atom is -0.488 e. The van der Waals surface area contributed by atoms with Gasteiger partial charge in [-0.15, -0.1) is 6.42 Å². The first-order valence-corrected chi connectivity index (χ1v) is 7.19. The highest BCUT2D eigenvalue weighted by Gasteiger charge is 2.06. The van der Waals surface area contributed by atoms with Crippen LogP contribution in [0.25, 0.3) is 11.1 Å². The maximum atomic E-state index is 6.00. The van der Waals surface area contributed by atoms with Crippen molar-refractivity contribution >= 4 is 0 Å². The lowest BCUT2D eigenvalue weighted by Crippen LogP contribution is -1.96. The quantitative estimate of drug-likeness (QED) is 0.618.